The van der Waals surface area contributed by atoms with Crippen molar-refractivity contribution in [2.75, 3.05) is 6.61 Å². The maximum atomic E-state index is 6.20. The van der Waals surface area contributed by atoms with Crippen LogP contribution in [-0.2, 0) is 6.42 Å². The van der Waals surface area contributed by atoms with E-state index in [9.17, 15) is 0 Å². The molecule has 2 rings (SSSR count). The first-order chi connectivity index (χ1) is 9.19. The van der Waals surface area contributed by atoms with Crippen LogP contribution in [0.15, 0.2) is 23.8 Å². The number of rotatable bonds is 6. The summed E-state index contributed by atoms with van der Waals surface area (Å²) in [6, 6.07) is 1.87. The average molecular weight is 277 g/mol. The van der Waals surface area contributed by atoms with Gasteiger partial charge < -0.3 is 10.5 Å². The Morgan fingerprint density at radius 1 is 1.42 bits per heavy atom. The maximum Gasteiger partial charge on any atom is 0.137 e. The maximum absolute atomic E-state index is 6.20. The number of aryl methyl sites for hydroxylation is 1. The van der Waals surface area contributed by atoms with Crippen LogP contribution in [0, 0.1) is 6.92 Å². The number of ether oxygens (including phenoxy) is 1. The van der Waals surface area contributed by atoms with Gasteiger partial charge in [-0.05, 0) is 25.0 Å². The van der Waals surface area contributed by atoms with E-state index >= 15 is 0 Å². The molecular weight excluding hydrogens is 258 g/mol. The molecule has 0 bridgehead atoms. The Morgan fingerprint density at radius 2 is 2.26 bits per heavy atom. The monoisotopic (exact) mass is 277 g/mol. The Bertz CT molecular complexity index is 527. The number of hydrogen-bond acceptors (Lipinski definition) is 5. The van der Waals surface area contributed by atoms with Crippen molar-refractivity contribution in [3.05, 3.63) is 40.1 Å². The third-order valence-corrected chi connectivity index (χ3v) is 3.55. The van der Waals surface area contributed by atoms with Gasteiger partial charge in [-0.1, -0.05) is 6.92 Å². The van der Waals surface area contributed by atoms with Crippen molar-refractivity contribution in [2.45, 2.75) is 32.7 Å². The molecule has 1 unspecified atom stereocenters. The van der Waals surface area contributed by atoms with Gasteiger partial charge in [0, 0.05) is 24.0 Å². The van der Waals surface area contributed by atoms with Crippen molar-refractivity contribution < 1.29 is 4.74 Å². The van der Waals surface area contributed by atoms with Crippen molar-refractivity contribution in [1.82, 2.24) is 9.97 Å². The molecule has 5 heteroatoms. The van der Waals surface area contributed by atoms with Gasteiger partial charge in [-0.3, -0.25) is 4.98 Å². The van der Waals surface area contributed by atoms with Gasteiger partial charge in [-0.15, -0.1) is 11.3 Å². The summed E-state index contributed by atoms with van der Waals surface area (Å²) in [5.74, 6) is 0.782. The van der Waals surface area contributed by atoms with Crippen molar-refractivity contribution in [3.63, 3.8) is 0 Å². The molecular formula is C14H19N3OS. The minimum atomic E-state index is -0.0980. The summed E-state index contributed by atoms with van der Waals surface area (Å²) in [7, 11) is 0. The lowest BCUT2D eigenvalue weighted by molar-refractivity contribution is 0.315. The molecule has 2 N–H and O–H groups in total. The van der Waals surface area contributed by atoms with E-state index in [1.165, 1.54) is 0 Å². The standard InChI is InChI=1S/C14H19N3OS/c1-3-4-18-13-5-11(7-16-8-13)14(15)6-12-9-19-10(2)17-12/h5,7-9,14H,3-4,6,15H2,1-2H3. The Balaban J connectivity index is 2.03. The number of thiazole rings is 1. The molecule has 0 amide bonds. The van der Waals surface area contributed by atoms with Crippen molar-refractivity contribution in [1.29, 1.82) is 0 Å². The Labute approximate surface area is 117 Å². The zero-order valence-electron chi connectivity index (χ0n) is 11.3. The molecule has 0 spiro atoms. The highest BCUT2D eigenvalue weighted by Crippen LogP contribution is 2.20. The Hall–Kier alpha value is -1.46. The highest BCUT2D eigenvalue weighted by molar-refractivity contribution is 7.09. The first kappa shape index (κ1) is 14.0. The lowest BCUT2D eigenvalue weighted by Crippen LogP contribution is -2.14. The van der Waals surface area contributed by atoms with Crippen molar-refractivity contribution >= 4 is 11.3 Å². The SMILES string of the molecule is CCCOc1cncc(C(N)Cc2csc(C)n2)c1. The molecule has 0 saturated heterocycles. The molecule has 1 atom stereocenters. The summed E-state index contributed by atoms with van der Waals surface area (Å²) in [5.41, 5.74) is 8.23. The second kappa shape index (κ2) is 6.63. The smallest absolute Gasteiger partial charge is 0.137 e. The van der Waals surface area contributed by atoms with E-state index in [4.69, 9.17) is 10.5 Å². The fourth-order valence-electron chi connectivity index (χ4n) is 1.78. The molecule has 0 aliphatic carbocycles. The van der Waals surface area contributed by atoms with Gasteiger partial charge in [0.2, 0.25) is 0 Å². The summed E-state index contributed by atoms with van der Waals surface area (Å²) in [5, 5.41) is 3.13. The van der Waals surface area contributed by atoms with Crippen LogP contribution in [0.5, 0.6) is 5.75 Å². The van der Waals surface area contributed by atoms with Crippen LogP contribution < -0.4 is 10.5 Å². The fraction of sp³-hybridized carbons (Fsp3) is 0.429. The predicted molar refractivity (Wildman–Crippen MR) is 77.5 cm³/mol. The van der Waals surface area contributed by atoms with E-state index < -0.39 is 0 Å². The van der Waals surface area contributed by atoms with E-state index in [1.807, 2.05) is 13.0 Å². The summed E-state index contributed by atoms with van der Waals surface area (Å²) < 4.78 is 5.57. The third kappa shape index (κ3) is 4.01. The molecule has 2 heterocycles. The van der Waals surface area contributed by atoms with E-state index in [1.54, 1.807) is 23.7 Å². The first-order valence-corrected chi connectivity index (χ1v) is 7.31. The van der Waals surface area contributed by atoms with E-state index in [2.05, 4.69) is 22.3 Å². The zero-order chi connectivity index (χ0) is 13.7. The molecule has 0 radical (unpaired) electrons. The lowest BCUT2D eigenvalue weighted by atomic mass is 10.1. The second-order valence-electron chi connectivity index (χ2n) is 4.47. The van der Waals surface area contributed by atoms with Gasteiger partial charge in [0.25, 0.3) is 0 Å². The van der Waals surface area contributed by atoms with Crippen LogP contribution in [-0.4, -0.2) is 16.6 Å². The highest BCUT2D eigenvalue weighted by Gasteiger charge is 2.10. The van der Waals surface area contributed by atoms with Crippen LogP contribution in [0.25, 0.3) is 0 Å². The van der Waals surface area contributed by atoms with E-state index in [-0.39, 0.29) is 6.04 Å². The predicted octanol–water partition coefficient (Wildman–Crippen LogP) is 2.88. The summed E-state index contributed by atoms with van der Waals surface area (Å²) in [6.45, 7) is 4.78. The zero-order valence-corrected chi connectivity index (χ0v) is 12.1. The van der Waals surface area contributed by atoms with E-state index in [0.717, 1.165) is 34.9 Å². The summed E-state index contributed by atoms with van der Waals surface area (Å²) >= 11 is 1.65. The van der Waals surface area contributed by atoms with Crippen LogP contribution in [0.2, 0.25) is 0 Å². The Kier molecular flexibility index (Phi) is 4.87. The minimum Gasteiger partial charge on any atom is -0.492 e. The molecule has 0 saturated carbocycles. The molecule has 102 valence electrons. The van der Waals surface area contributed by atoms with E-state index in [0.29, 0.717) is 6.61 Å². The van der Waals surface area contributed by atoms with Crippen LogP contribution in [0.1, 0.15) is 35.7 Å². The number of nitrogens with two attached hydrogens (primary N) is 1. The van der Waals surface area contributed by atoms with Crippen LogP contribution in [0.4, 0.5) is 0 Å². The van der Waals surface area contributed by atoms with Gasteiger partial charge in [-0.25, -0.2) is 4.98 Å². The van der Waals surface area contributed by atoms with Gasteiger partial charge in [0.05, 0.1) is 23.5 Å². The van der Waals surface area contributed by atoms with Crippen molar-refractivity contribution in [2.24, 2.45) is 5.73 Å². The highest BCUT2D eigenvalue weighted by atomic mass is 32.1. The van der Waals surface area contributed by atoms with Gasteiger partial charge in [0.15, 0.2) is 0 Å². The molecule has 2 aromatic rings. The van der Waals surface area contributed by atoms with Gasteiger partial charge in [-0.2, -0.15) is 0 Å². The van der Waals surface area contributed by atoms with Crippen molar-refractivity contribution in [3.8, 4) is 5.75 Å². The number of nitrogens with zero attached hydrogens (tertiary/aromatic N) is 2. The molecule has 0 fully saturated rings. The molecule has 0 aliphatic rings. The second-order valence-corrected chi connectivity index (χ2v) is 5.53. The number of aromatic nitrogens is 2. The molecule has 19 heavy (non-hydrogen) atoms. The minimum absolute atomic E-state index is 0.0980. The third-order valence-electron chi connectivity index (χ3n) is 2.73. The largest absolute Gasteiger partial charge is 0.492 e. The summed E-state index contributed by atoms with van der Waals surface area (Å²) in [6.07, 6.45) is 5.22. The number of hydrogen-bond donors (Lipinski definition) is 1. The van der Waals surface area contributed by atoms with Crippen LogP contribution in [0.3, 0.4) is 0 Å². The fourth-order valence-corrected chi connectivity index (χ4v) is 2.41. The van der Waals surface area contributed by atoms with Gasteiger partial charge >= 0.3 is 0 Å². The molecule has 0 aliphatic heterocycles. The normalized spacial score (nSPS) is 12.4. The number of pyridine rings is 1. The quantitative estimate of drug-likeness (QED) is 0.882. The molecule has 0 aromatic carbocycles. The average Bonchev–Trinajstić information content (AvgIpc) is 2.82. The topological polar surface area (TPSA) is 61.0 Å². The molecule has 4 nitrogen and oxygen atoms in total. The Morgan fingerprint density at radius 3 is 2.95 bits per heavy atom. The van der Waals surface area contributed by atoms with Crippen LogP contribution >= 0.6 is 11.3 Å². The summed E-state index contributed by atoms with van der Waals surface area (Å²) in [4.78, 5) is 8.62. The molecule has 2 aromatic heterocycles. The first-order valence-electron chi connectivity index (χ1n) is 6.43. The van der Waals surface area contributed by atoms with Gasteiger partial charge in [0.1, 0.15) is 5.75 Å². The lowest BCUT2D eigenvalue weighted by Gasteiger charge is -2.12.